The van der Waals surface area contributed by atoms with Crippen molar-refractivity contribution in [2.75, 3.05) is 5.32 Å². The van der Waals surface area contributed by atoms with E-state index in [2.05, 4.69) is 60.3 Å². The molecule has 0 fully saturated rings. The molecule has 5 N–H and O–H groups in total. The lowest BCUT2D eigenvalue weighted by molar-refractivity contribution is 0.823. The number of fused-ring (bicyclic) bond motifs is 1. The lowest BCUT2D eigenvalue weighted by Gasteiger charge is -2.11. The average molecular weight is 299 g/mol. The minimum atomic E-state index is 0. The molecule has 0 bridgehead atoms. The smallest absolute Gasteiger partial charge is 0.141 e. The third kappa shape index (κ3) is 3.21. The summed E-state index contributed by atoms with van der Waals surface area (Å²) in [7, 11) is 0. The number of aryl methyl sites for hydroxylation is 3. The van der Waals surface area contributed by atoms with Crippen LogP contribution in [0.15, 0.2) is 42.7 Å². The van der Waals surface area contributed by atoms with Crippen molar-refractivity contribution >= 4 is 22.4 Å². The number of hydrogen-bond acceptors (Lipinski definition) is 3. The summed E-state index contributed by atoms with van der Waals surface area (Å²) in [4.78, 5) is 8.75. The summed E-state index contributed by atoms with van der Waals surface area (Å²) in [6.07, 6.45) is 1.61. The number of nitrogens with one attached hydrogen (secondary N) is 1. The Hall–Kier alpha value is -2.50. The van der Waals surface area contributed by atoms with E-state index < -0.39 is 0 Å². The van der Waals surface area contributed by atoms with Crippen LogP contribution in [0.3, 0.4) is 0 Å². The lowest BCUT2D eigenvalue weighted by Crippen LogP contribution is -1.98. The third-order valence-electron chi connectivity index (χ3n) is 3.65. The second kappa shape index (κ2) is 6.98. The van der Waals surface area contributed by atoms with Crippen LogP contribution in [0.1, 0.15) is 16.7 Å². The van der Waals surface area contributed by atoms with Crippen molar-refractivity contribution in [3.8, 4) is 0 Å². The van der Waals surface area contributed by atoms with E-state index in [9.17, 15) is 0 Å². The number of rotatable bonds is 2. The first-order valence-corrected chi connectivity index (χ1v) is 6.70. The zero-order valence-electron chi connectivity index (χ0n) is 12.9. The summed E-state index contributed by atoms with van der Waals surface area (Å²) in [5, 5.41) is 4.47. The van der Waals surface area contributed by atoms with Gasteiger partial charge in [0, 0.05) is 11.1 Å². The van der Waals surface area contributed by atoms with E-state index in [1.54, 1.807) is 6.33 Å². The normalized spacial score (nSPS) is 9.77. The monoisotopic (exact) mass is 299 g/mol. The molecule has 0 aliphatic rings. The van der Waals surface area contributed by atoms with Crippen molar-refractivity contribution in [3.63, 3.8) is 0 Å². The van der Waals surface area contributed by atoms with Gasteiger partial charge >= 0.3 is 0 Å². The maximum Gasteiger partial charge on any atom is 0.141 e. The van der Waals surface area contributed by atoms with Gasteiger partial charge in [-0.3, -0.25) is 0 Å². The van der Waals surface area contributed by atoms with E-state index in [0.717, 1.165) is 22.4 Å². The van der Waals surface area contributed by atoms with E-state index >= 15 is 0 Å². The molecule has 0 aliphatic heterocycles. The molecular weight excluding hydrogens is 278 g/mol. The predicted molar refractivity (Wildman–Crippen MR) is 90.7 cm³/mol. The van der Waals surface area contributed by atoms with Crippen LogP contribution >= 0.6 is 0 Å². The van der Waals surface area contributed by atoms with Gasteiger partial charge in [0.1, 0.15) is 12.1 Å². The van der Waals surface area contributed by atoms with E-state index in [1.165, 1.54) is 16.7 Å². The molecule has 116 valence electrons. The molecule has 0 saturated carbocycles. The summed E-state index contributed by atoms with van der Waals surface area (Å²) in [6.45, 7) is 6.30. The van der Waals surface area contributed by atoms with Crippen LogP contribution < -0.4 is 5.32 Å². The fourth-order valence-electron chi connectivity index (χ4n) is 2.26. The van der Waals surface area contributed by atoms with Crippen LogP contribution in [0.25, 0.3) is 10.9 Å². The summed E-state index contributed by atoms with van der Waals surface area (Å²) < 4.78 is 0. The van der Waals surface area contributed by atoms with Gasteiger partial charge in [0.25, 0.3) is 0 Å². The Morgan fingerprint density at radius 1 is 0.818 bits per heavy atom. The summed E-state index contributed by atoms with van der Waals surface area (Å²) >= 11 is 0. The van der Waals surface area contributed by atoms with Gasteiger partial charge in [-0.25, -0.2) is 9.97 Å². The van der Waals surface area contributed by atoms with Crippen molar-refractivity contribution < 1.29 is 11.0 Å². The van der Waals surface area contributed by atoms with Gasteiger partial charge < -0.3 is 16.3 Å². The van der Waals surface area contributed by atoms with Gasteiger partial charge in [0.15, 0.2) is 0 Å². The highest BCUT2D eigenvalue weighted by molar-refractivity contribution is 5.91. The van der Waals surface area contributed by atoms with Crippen LogP contribution in [-0.4, -0.2) is 20.9 Å². The second-order valence-corrected chi connectivity index (χ2v) is 5.12. The molecule has 3 rings (SSSR count). The maximum atomic E-state index is 4.39. The number of para-hydroxylation sites is 1. The second-order valence-electron chi connectivity index (χ2n) is 5.12. The molecule has 0 atom stereocenters. The standard InChI is InChI=1S/C17H17N3.2H2O/c1-11-6-4-5-7-15(11)20-17-14-8-12(2)13(3)9-16(14)18-10-19-17;;/h4-10H,1-3H3,(H,18,19,20);2*1H2. The Morgan fingerprint density at radius 3 is 2.23 bits per heavy atom. The molecule has 5 heteroatoms. The largest absolute Gasteiger partial charge is 0.412 e. The predicted octanol–water partition coefficient (Wildman–Crippen LogP) is 2.65. The molecule has 2 aromatic carbocycles. The first kappa shape index (κ1) is 17.6. The number of benzene rings is 2. The fourth-order valence-corrected chi connectivity index (χ4v) is 2.26. The Balaban J connectivity index is 0.00000121. The fraction of sp³-hybridized carbons (Fsp3) is 0.176. The minimum absolute atomic E-state index is 0. The molecule has 0 amide bonds. The van der Waals surface area contributed by atoms with Crippen LogP contribution in [0.2, 0.25) is 0 Å². The van der Waals surface area contributed by atoms with Crippen molar-refractivity contribution in [2.24, 2.45) is 0 Å². The SMILES string of the molecule is Cc1cc2ncnc(Nc3ccccc3C)c2cc1C.O.O. The topological polar surface area (TPSA) is 101 Å². The van der Waals surface area contributed by atoms with Gasteiger partial charge in [-0.05, 0) is 55.7 Å². The van der Waals surface area contributed by atoms with E-state index in [0.29, 0.717) is 0 Å². The molecule has 0 unspecified atom stereocenters. The van der Waals surface area contributed by atoms with Crippen LogP contribution in [0.5, 0.6) is 0 Å². The number of nitrogens with zero attached hydrogens (tertiary/aromatic N) is 2. The van der Waals surface area contributed by atoms with Crippen molar-refractivity contribution in [3.05, 3.63) is 59.4 Å². The highest BCUT2D eigenvalue weighted by Crippen LogP contribution is 2.26. The molecule has 0 aliphatic carbocycles. The molecule has 0 spiro atoms. The Kier molecular flexibility index (Phi) is 5.56. The number of anilines is 2. The summed E-state index contributed by atoms with van der Waals surface area (Å²) in [5.74, 6) is 0.854. The Labute approximate surface area is 129 Å². The van der Waals surface area contributed by atoms with Crippen LogP contribution in [-0.2, 0) is 0 Å². The van der Waals surface area contributed by atoms with Crippen molar-refractivity contribution in [1.29, 1.82) is 0 Å². The third-order valence-corrected chi connectivity index (χ3v) is 3.65. The lowest BCUT2D eigenvalue weighted by atomic mass is 10.1. The molecule has 5 nitrogen and oxygen atoms in total. The minimum Gasteiger partial charge on any atom is -0.412 e. The van der Waals surface area contributed by atoms with Gasteiger partial charge in [0.05, 0.1) is 5.52 Å². The van der Waals surface area contributed by atoms with Gasteiger partial charge in [-0.1, -0.05) is 18.2 Å². The zero-order valence-corrected chi connectivity index (χ0v) is 12.9. The molecular formula is C17H21N3O2. The Bertz CT molecular complexity index is 788. The average Bonchev–Trinajstić information content (AvgIpc) is 2.43. The van der Waals surface area contributed by atoms with Gasteiger partial charge in [-0.15, -0.1) is 0 Å². The molecule has 22 heavy (non-hydrogen) atoms. The quantitative estimate of drug-likeness (QED) is 0.787. The molecule has 1 heterocycles. The van der Waals surface area contributed by atoms with E-state index in [4.69, 9.17) is 0 Å². The zero-order chi connectivity index (χ0) is 14.1. The van der Waals surface area contributed by atoms with Crippen molar-refractivity contribution in [1.82, 2.24) is 9.97 Å². The van der Waals surface area contributed by atoms with Crippen LogP contribution in [0.4, 0.5) is 11.5 Å². The first-order valence-electron chi connectivity index (χ1n) is 6.70. The number of aromatic nitrogens is 2. The number of hydrogen-bond donors (Lipinski definition) is 1. The highest BCUT2D eigenvalue weighted by atomic mass is 16.0. The van der Waals surface area contributed by atoms with Gasteiger partial charge in [-0.2, -0.15) is 0 Å². The Morgan fingerprint density at radius 2 is 1.50 bits per heavy atom. The van der Waals surface area contributed by atoms with E-state index in [-0.39, 0.29) is 11.0 Å². The summed E-state index contributed by atoms with van der Waals surface area (Å²) in [6, 6.07) is 12.5. The molecule has 3 aromatic rings. The first-order chi connectivity index (χ1) is 9.65. The molecule has 1 aromatic heterocycles. The molecule has 0 saturated heterocycles. The summed E-state index contributed by atoms with van der Waals surface area (Å²) in [5.41, 5.74) is 5.74. The van der Waals surface area contributed by atoms with E-state index in [1.807, 2.05) is 12.1 Å². The van der Waals surface area contributed by atoms with Crippen LogP contribution in [0, 0.1) is 20.8 Å². The molecule has 0 radical (unpaired) electrons. The highest BCUT2D eigenvalue weighted by Gasteiger charge is 2.07. The van der Waals surface area contributed by atoms with Crippen molar-refractivity contribution in [2.45, 2.75) is 20.8 Å². The maximum absolute atomic E-state index is 4.39. The van der Waals surface area contributed by atoms with Gasteiger partial charge in [0.2, 0.25) is 0 Å².